The largest absolute Gasteiger partial charge is 0.455 e. The van der Waals surface area contributed by atoms with Crippen LogP contribution in [0.5, 0.6) is 0 Å². The molecule has 0 unspecified atom stereocenters. The van der Waals surface area contributed by atoms with E-state index in [0.717, 1.165) is 57.4 Å². The van der Waals surface area contributed by atoms with Crippen molar-refractivity contribution in [2.75, 3.05) is 41.4 Å². The predicted octanol–water partition coefficient (Wildman–Crippen LogP) is 5.08. The van der Waals surface area contributed by atoms with Crippen molar-refractivity contribution >= 4 is 47.3 Å². The third kappa shape index (κ3) is 4.52. The molecule has 2 fully saturated rings. The van der Waals surface area contributed by atoms with Gasteiger partial charge >= 0.3 is 0 Å². The van der Waals surface area contributed by atoms with Crippen LogP contribution in [-0.2, 0) is 0 Å². The van der Waals surface area contributed by atoms with Crippen LogP contribution in [0.3, 0.4) is 0 Å². The van der Waals surface area contributed by atoms with Crippen molar-refractivity contribution in [3.63, 3.8) is 0 Å². The Hall–Kier alpha value is -2.84. The van der Waals surface area contributed by atoms with E-state index in [2.05, 4.69) is 30.3 Å². The molecule has 0 bridgehead atoms. The molecule has 2 aliphatic heterocycles. The molecule has 2 saturated heterocycles. The average Bonchev–Trinajstić information content (AvgIpc) is 3.58. The highest BCUT2D eigenvalue weighted by Crippen LogP contribution is 2.34. The Labute approximate surface area is 196 Å². The summed E-state index contributed by atoms with van der Waals surface area (Å²) in [6.45, 7) is 3.86. The summed E-state index contributed by atoms with van der Waals surface area (Å²) in [5, 5.41) is 5.22. The predicted molar refractivity (Wildman–Crippen MR) is 128 cm³/mol. The highest BCUT2D eigenvalue weighted by Gasteiger charge is 2.21. The van der Waals surface area contributed by atoms with Crippen molar-refractivity contribution in [1.29, 1.82) is 0 Å². The number of halogens is 2. The normalized spacial score (nSPS) is 16.4. The second kappa shape index (κ2) is 9.34. The minimum atomic E-state index is 0.421. The van der Waals surface area contributed by atoms with Crippen LogP contribution in [0.15, 0.2) is 39.9 Å². The number of nitrogens with zero attached hydrogens (tertiary/aromatic N) is 6. The van der Waals surface area contributed by atoms with Gasteiger partial charge in [-0.05, 0) is 49.9 Å². The minimum absolute atomic E-state index is 0.421. The van der Waals surface area contributed by atoms with Crippen molar-refractivity contribution in [3.8, 4) is 11.3 Å². The molecule has 8 nitrogen and oxygen atoms in total. The molecule has 0 amide bonds. The lowest BCUT2D eigenvalue weighted by molar-refractivity contribution is 0.575. The Balaban J connectivity index is 1.34. The first-order valence-corrected chi connectivity index (χ1v) is 11.5. The topological polar surface area (TPSA) is 82.7 Å². The van der Waals surface area contributed by atoms with E-state index in [-0.39, 0.29) is 0 Å². The Morgan fingerprint density at radius 2 is 1.53 bits per heavy atom. The summed E-state index contributed by atoms with van der Waals surface area (Å²) < 4.78 is 5.85. The summed E-state index contributed by atoms with van der Waals surface area (Å²) in [6, 6.07) is 9.08. The molecule has 0 spiro atoms. The Morgan fingerprint density at radius 3 is 2.19 bits per heavy atom. The van der Waals surface area contributed by atoms with Crippen molar-refractivity contribution in [2.45, 2.75) is 25.7 Å². The van der Waals surface area contributed by atoms with Gasteiger partial charge in [-0.3, -0.25) is 0 Å². The number of anilines is 3. The monoisotopic (exact) mass is 471 g/mol. The van der Waals surface area contributed by atoms with Crippen molar-refractivity contribution in [3.05, 3.63) is 46.1 Å². The van der Waals surface area contributed by atoms with Gasteiger partial charge in [0.2, 0.25) is 17.8 Å². The Morgan fingerprint density at radius 1 is 0.875 bits per heavy atom. The molecule has 2 aromatic heterocycles. The van der Waals surface area contributed by atoms with Crippen LogP contribution >= 0.6 is 23.2 Å². The first-order valence-electron chi connectivity index (χ1n) is 10.8. The third-order valence-corrected chi connectivity index (χ3v) is 6.41. The average molecular weight is 472 g/mol. The van der Waals surface area contributed by atoms with E-state index < -0.39 is 0 Å². The maximum Gasteiger partial charge on any atom is 0.250 e. The number of furan rings is 1. The summed E-state index contributed by atoms with van der Waals surface area (Å²) in [5.41, 5.74) is 3.67. The van der Waals surface area contributed by atoms with E-state index in [4.69, 9.17) is 32.6 Å². The zero-order chi connectivity index (χ0) is 21.9. The molecule has 166 valence electrons. The maximum atomic E-state index is 6.29. The molecule has 4 heterocycles. The van der Waals surface area contributed by atoms with Crippen molar-refractivity contribution in [1.82, 2.24) is 15.0 Å². The van der Waals surface area contributed by atoms with Crippen LogP contribution < -0.4 is 15.2 Å². The van der Waals surface area contributed by atoms with Crippen molar-refractivity contribution < 1.29 is 4.42 Å². The van der Waals surface area contributed by atoms with Gasteiger partial charge < -0.3 is 14.2 Å². The third-order valence-electron chi connectivity index (χ3n) is 5.59. The van der Waals surface area contributed by atoms with Crippen LogP contribution in [-0.4, -0.2) is 47.3 Å². The lowest BCUT2D eigenvalue weighted by Crippen LogP contribution is -2.25. The van der Waals surface area contributed by atoms with E-state index in [1.165, 1.54) is 0 Å². The minimum Gasteiger partial charge on any atom is -0.455 e. The number of rotatable bonds is 6. The molecule has 2 aliphatic rings. The van der Waals surface area contributed by atoms with Crippen LogP contribution in [0.1, 0.15) is 31.4 Å². The van der Waals surface area contributed by atoms with E-state index in [1.54, 1.807) is 12.3 Å². The van der Waals surface area contributed by atoms with Gasteiger partial charge in [0.15, 0.2) is 0 Å². The maximum absolute atomic E-state index is 6.29. The smallest absolute Gasteiger partial charge is 0.250 e. The summed E-state index contributed by atoms with van der Waals surface area (Å²) in [5.74, 6) is 3.01. The highest BCUT2D eigenvalue weighted by atomic mass is 35.5. The van der Waals surface area contributed by atoms with Crippen LogP contribution in [0.25, 0.3) is 11.3 Å². The summed E-state index contributed by atoms with van der Waals surface area (Å²) in [4.78, 5) is 18.3. The zero-order valence-electron chi connectivity index (χ0n) is 17.5. The first-order chi connectivity index (χ1) is 15.7. The SMILES string of the molecule is Clc1cccc(-c2ccc(/C=N/Nc3nc(N4CCCC4)nc(N4CCCC4)n3)o2)c1Cl. The molecule has 1 aromatic carbocycles. The van der Waals surface area contributed by atoms with Gasteiger partial charge in [-0.1, -0.05) is 29.3 Å². The number of benzene rings is 1. The van der Waals surface area contributed by atoms with Crippen molar-refractivity contribution in [2.24, 2.45) is 5.10 Å². The first kappa shape index (κ1) is 21.0. The molecule has 0 saturated carbocycles. The van der Waals surface area contributed by atoms with Gasteiger partial charge in [-0.15, -0.1) is 0 Å². The number of nitrogens with one attached hydrogen (secondary N) is 1. The molecule has 32 heavy (non-hydrogen) atoms. The number of hydrogen-bond acceptors (Lipinski definition) is 8. The lowest BCUT2D eigenvalue weighted by atomic mass is 10.2. The standard InChI is InChI=1S/C22H23Cl2N7O/c23-17-7-5-6-16(19(17)24)18-9-8-15(32-18)14-25-29-20-26-21(30-10-1-2-11-30)28-22(27-20)31-12-3-4-13-31/h5-9,14H,1-4,10-13H2,(H,26,27,28,29)/b25-14+. The Kier molecular flexibility index (Phi) is 6.14. The molecule has 5 rings (SSSR count). The molecule has 3 aromatic rings. The van der Waals surface area contributed by atoms with Gasteiger partial charge in [0.05, 0.1) is 16.3 Å². The second-order valence-corrected chi connectivity index (χ2v) is 8.61. The zero-order valence-corrected chi connectivity index (χ0v) is 19.0. The fraction of sp³-hybridized carbons (Fsp3) is 0.364. The highest BCUT2D eigenvalue weighted by molar-refractivity contribution is 6.43. The van der Waals surface area contributed by atoms with E-state index in [0.29, 0.717) is 39.4 Å². The summed E-state index contributed by atoms with van der Waals surface area (Å²) in [6.07, 6.45) is 6.20. The second-order valence-electron chi connectivity index (χ2n) is 7.82. The van der Waals surface area contributed by atoms with E-state index >= 15 is 0 Å². The van der Waals surface area contributed by atoms with Gasteiger partial charge in [0.1, 0.15) is 11.5 Å². The number of aromatic nitrogens is 3. The Bertz CT molecular complexity index is 1090. The van der Waals surface area contributed by atoms with Gasteiger partial charge in [-0.2, -0.15) is 20.1 Å². The van der Waals surface area contributed by atoms with Gasteiger partial charge in [-0.25, -0.2) is 5.43 Å². The molecular formula is C22H23Cl2N7O. The molecule has 1 N–H and O–H groups in total. The molecule has 0 aliphatic carbocycles. The molecule has 0 radical (unpaired) electrons. The van der Waals surface area contributed by atoms with Crippen LogP contribution in [0.4, 0.5) is 17.8 Å². The summed E-state index contributed by atoms with van der Waals surface area (Å²) in [7, 11) is 0. The summed E-state index contributed by atoms with van der Waals surface area (Å²) >= 11 is 12.4. The molecule has 0 atom stereocenters. The molecule has 10 heteroatoms. The van der Waals surface area contributed by atoms with Crippen LogP contribution in [0, 0.1) is 0 Å². The number of hydrogen-bond donors (Lipinski definition) is 1. The van der Waals surface area contributed by atoms with Gasteiger partial charge in [0.25, 0.3) is 0 Å². The lowest BCUT2D eigenvalue weighted by Gasteiger charge is -2.20. The van der Waals surface area contributed by atoms with E-state index in [9.17, 15) is 0 Å². The van der Waals surface area contributed by atoms with Gasteiger partial charge in [0, 0.05) is 31.7 Å². The fourth-order valence-electron chi connectivity index (χ4n) is 3.94. The number of hydrazone groups is 1. The van der Waals surface area contributed by atoms with E-state index in [1.807, 2.05) is 24.3 Å². The fourth-order valence-corrected chi connectivity index (χ4v) is 4.33. The quantitative estimate of drug-likeness (QED) is 0.396. The van der Waals surface area contributed by atoms with Crippen LogP contribution in [0.2, 0.25) is 10.0 Å². The molecular weight excluding hydrogens is 449 g/mol.